The van der Waals surface area contributed by atoms with E-state index in [1.807, 2.05) is 12.1 Å². The standard InChI is InChI=1S/C22H25BrN2O2/c23-20-9-7-19(8-10-20)21(26)11-12-22(27)24-15-17-3-5-18(6-4-17)16-25-13-1-2-14-25/h3-10H,1-2,11-16H2,(H,24,27). The van der Waals surface area contributed by atoms with Crippen LogP contribution in [-0.4, -0.2) is 29.7 Å². The molecule has 0 unspecified atom stereocenters. The van der Waals surface area contributed by atoms with Gasteiger partial charge in [-0.3, -0.25) is 14.5 Å². The van der Waals surface area contributed by atoms with Crippen LogP contribution in [0.15, 0.2) is 53.0 Å². The molecule has 2 aromatic rings. The van der Waals surface area contributed by atoms with Crippen molar-refractivity contribution in [3.63, 3.8) is 0 Å². The lowest BCUT2D eigenvalue weighted by Crippen LogP contribution is -2.23. The van der Waals surface area contributed by atoms with Gasteiger partial charge >= 0.3 is 0 Å². The van der Waals surface area contributed by atoms with Crippen LogP contribution in [0.1, 0.15) is 47.2 Å². The minimum atomic E-state index is -0.0957. The molecule has 2 aromatic carbocycles. The Morgan fingerprint density at radius 1 is 0.889 bits per heavy atom. The Morgan fingerprint density at radius 2 is 1.52 bits per heavy atom. The van der Waals surface area contributed by atoms with Gasteiger partial charge in [-0.05, 0) is 49.2 Å². The SMILES string of the molecule is O=C(CCC(=O)c1ccc(Br)cc1)NCc1ccc(CN2CCCC2)cc1. The number of carbonyl (C=O) groups excluding carboxylic acids is 2. The van der Waals surface area contributed by atoms with E-state index in [0.29, 0.717) is 12.1 Å². The van der Waals surface area contributed by atoms with Crippen molar-refractivity contribution in [2.75, 3.05) is 13.1 Å². The Bertz CT molecular complexity index is 766. The molecule has 0 atom stereocenters. The fraction of sp³-hybridized carbons (Fsp3) is 0.364. The number of hydrogen-bond acceptors (Lipinski definition) is 3. The number of carbonyl (C=O) groups is 2. The molecule has 1 aliphatic heterocycles. The topological polar surface area (TPSA) is 49.4 Å². The highest BCUT2D eigenvalue weighted by Crippen LogP contribution is 2.14. The summed E-state index contributed by atoms with van der Waals surface area (Å²) in [7, 11) is 0. The van der Waals surface area contributed by atoms with Crippen molar-refractivity contribution in [1.29, 1.82) is 0 Å². The molecule has 5 heteroatoms. The third kappa shape index (κ3) is 6.29. The number of Topliss-reactive ketones (excluding diaryl/α,β-unsaturated/α-hetero) is 1. The van der Waals surface area contributed by atoms with Crippen LogP contribution in [0.25, 0.3) is 0 Å². The van der Waals surface area contributed by atoms with Gasteiger partial charge in [0.2, 0.25) is 5.91 Å². The van der Waals surface area contributed by atoms with Gasteiger partial charge in [0.15, 0.2) is 5.78 Å². The van der Waals surface area contributed by atoms with Crippen LogP contribution >= 0.6 is 15.9 Å². The highest BCUT2D eigenvalue weighted by atomic mass is 79.9. The molecule has 0 radical (unpaired) electrons. The largest absolute Gasteiger partial charge is 0.352 e. The van der Waals surface area contributed by atoms with Crippen molar-refractivity contribution >= 4 is 27.6 Å². The van der Waals surface area contributed by atoms with Crippen molar-refractivity contribution in [3.05, 3.63) is 69.7 Å². The Kier molecular flexibility index (Phi) is 7.18. The van der Waals surface area contributed by atoms with Crippen LogP contribution in [0.2, 0.25) is 0 Å². The Balaban J connectivity index is 1.39. The second kappa shape index (κ2) is 9.81. The number of likely N-dealkylation sites (tertiary alicyclic amines) is 1. The molecule has 142 valence electrons. The fourth-order valence-electron chi connectivity index (χ4n) is 3.26. The normalized spacial score (nSPS) is 14.3. The molecule has 1 heterocycles. The molecule has 1 fully saturated rings. The minimum Gasteiger partial charge on any atom is -0.352 e. The van der Waals surface area contributed by atoms with E-state index in [4.69, 9.17) is 0 Å². The van der Waals surface area contributed by atoms with Gasteiger partial charge in [-0.25, -0.2) is 0 Å². The smallest absolute Gasteiger partial charge is 0.220 e. The van der Waals surface area contributed by atoms with E-state index < -0.39 is 0 Å². The maximum Gasteiger partial charge on any atom is 0.220 e. The van der Waals surface area contributed by atoms with E-state index in [-0.39, 0.29) is 24.5 Å². The van der Waals surface area contributed by atoms with E-state index in [9.17, 15) is 9.59 Å². The number of amides is 1. The quantitative estimate of drug-likeness (QED) is 0.636. The summed E-state index contributed by atoms with van der Waals surface area (Å²) in [5.41, 5.74) is 3.03. The first-order valence-electron chi connectivity index (χ1n) is 9.46. The number of rotatable bonds is 8. The summed E-state index contributed by atoms with van der Waals surface area (Å²) in [5.74, 6) is -0.106. The molecule has 0 bridgehead atoms. The lowest BCUT2D eigenvalue weighted by atomic mass is 10.1. The molecule has 1 aliphatic rings. The van der Waals surface area contributed by atoms with Crippen LogP contribution in [0.3, 0.4) is 0 Å². The van der Waals surface area contributed by atoms with Crippen molar-refractivity contribution < 1.29 is 9.59 Å². The van der Waals surface area contributed by atoms with Crippen molar-refractivity contribution in [3.8, 4) is 0 Å². The van der Waals surface area contributed by atoms with Gasteiger partial charge in [-0.1, -0.05) is 52.3 Å². The second-order valence-corrected chi connectivity index (χ2v) is 7.92. The van der Waals surface area contributed by atoms with E-state index in [0.717, 1.165) is 16.6 Å². The maximum atomic E-state index is 12.1. The van der Waals surface area contributed by atoms with Crippen LogP contribution in [0, 0.1) is 0 Å². The maximum absolute atomic E-state index is 12.1. The molecular formula is C22H25BrN2O2. The first-order chi connectivity index (χ1) is 13.1. The summed E-state index contributed by atoms with van der Waals surface area (Å²) in [6.07, 6.45) is 3.03. The van der Waals surface area contributed by atoms with Gasteiger partial charge in [-0.15, -0.1) is 0 Å². The molecule has 0 aliphatic carbocycles. The van der Waals surface area contributed by atoms with Crippen LogP contribution in [-0.2, 0) is 17.9 Å². The third-order valence-corrected chi connectivity index (χ3v) is 5.39. The zero-order valence-electron chi connectivity index (χ0n) is 15.4. The van der Waals surface area contributed by atoms with E-state index in [1.54, 1.807) is 12.1 Å². The van der Waals surface area contributed by atoms with Crippen LogP contribution in [0.5, 0.6) is 0 Å². The Labute approximate surface area is 169 Å². The fourth-order valence-corrected chi connectivity index (χ4v) is 3.52. The highest BCUT2D eigenvalue weighted by Gasteiger charge is 2.12. The average Bonchev–Trinajstić information content (AvgIpc) is 3.19. The summed E-state index contributed by atoms with van der Waals surface area (Å²) in [6, 6.07) is 15.6. The predicted octanol–water partition coefficient (Wildman–Crippen LogP) is 4.32. The molecule has 0 aromatic heterocycles. The molecule has 4 nitrogen and oxygen atoms in total. The Morgan fingerprint density at radius 3 is 2.19 bits per heavy atom. The number of nitrogens with zero attached hydrogens (tertiary/aromatic N) is 1. The molecular weight excluding hydrogens is 404 g/mol. The number of hydrogen-bond donors (Lipinski definition) is 1. The van der Waals surface area contributed by atoms with Crippen molar-refractivity contribution in [1.82, 2.24) is 10.2 Å². The van der Waals surface area contributed by atoms with Gasteiger partial charge in [0, 0.05) is 36.0 Å². The molecule has 1 N–H and O–H groups in total. The van der Waals surface area contributed by atoms with Crippen LogP contribution < -0.4 is 5.32 Å². The first kappa shape index (κ1) is 19.8. The van der Waals surface area contributed by atoms with E-state index >= 15 is 0 Å². The zero-order chi connectivity index (χ0) is 19.1. The Hall–Kier alpha value is -1.98. The predicted molar refractivity (Wildman–Crippen MR) is 111 cm³/mol. The number of nitrogens with one attached hydrogen (secondary N) is 1. The summed E-state index contributed by atoms with van der Waals surface area (Å²) < 4.78 is 0.934. The molecule has 27 heavy (non-hydrogen) atoms. The summed E-state index contributed by atoms with van der Waals surface area (Å²) >= 11 is 3.35. The molecule has 3 rings (SSSR count). The van der Waals surface area contributed by atoms with Crippen molar-refractivity contribution in [2.45, 2.75) is 38.8 Å². The van der Waals surface area contributed by atoms with Crippen LogP contribution in [0.4, 0.5) is 0 Å². The summed E-state index contributed by atoms with van der Waals surface area (Å²) in [6.45, 7) is 3.88. The second-order valence-electron chi connectivity index (χ2n) is 7.01. The zero-order valence-corrected chi connectivity index (χ0v) is 17.0. The van der Waals surface area contributed by atoms with Gasteiger partial charge in [0.05, 0.1) is 0 Å². The average molecular weight is 429 g/mol. The minimum absolute atomic E-state index is 0.0103. The van der Waals surface area contributed by atoms with E-state index in [2.05, 4.69) is 50.4 Å². The summed E-state index contributed by atoms with van der Waals surface area (Å²) in [5, 5.41) is 2.90. The first-order valence-corrected chi connectivity index (χ1v) is 10.2. The number of ketones is 1. The van der Waals surface area contributed by atoms with Gasteiger partial charge in [-0.2, -0.15) is 0 Å². The third-order valence-electron chi connectivity index (χ3n) is 4.86. The molecule has 1 saturated heterocycles. The van der Waals surface area contributed by atoms with Gasteiger partial charge in [0.1, 0.15) is 0 Å². The van der Waals surface area contributed by atoms with Gasteiger partial charge in [0.25, 0.3) is 0 Å². The molecule has 1 amide bonds. The van der Waals surface area contributed by atoms with Crippen molar-refractivity contribution in [2.24, 2.45) is 0 Å². The highest BCUT2D eigenvalue weighted by molar-refractivity contribution is 9.10. The molecule has 0 spiro atoms. The van der Waals surface area contributed by atoms with Gasteiger partial charge < -0.3 is 5.32 Å². The monoisotopic (exact) mass is 428 g/mol. The number of halogens is 1. The molecule has 0 saturated carbocycles. The lowest BCUT2D eigenvalue weighted by molar-refractivity contribution is -0.121. The summed E-state index contributed by atoms with van der Waals surface area (Å²) in [4.78, 5) is 26.6. The van der Waals surface area contributed by atoms with E-state index in [1.165, 1.54) is 31.5 Å². The lowest BCUT2D eigenvalue weighted by Gasteiger charge is -2.14. The number of benzene rings is 2.